The number of hydrogen-bond donors (Lipinski definition) is 1. The number of hydrogen-bond acceptors (Lipinski definition) is 3. The SMILES string of the molecule is Clc1oc2ccccc2c1CNCc1ccccn1. The Morgan fingerprint density at radius 2 is 1.89 bits per heavy atom. The van der Waals surface area contributed by atoms with Gasteiger partial charge in [0.25, 0.3) is 0 Å². The van der Waals surface area contributed by atoms with Crippen LogP contribution < -0.4 is 5.32 Å². The number of aromatic nitrogens is 1. The smallest absolute Gasteiger partial charge is 0.199 e. The average Bonchev–Trinajstić information content (AvgIpc) is 2.76. The quantitative estimate of drug-likeness (QED) is 0.786. The van der Waals surface area contributed by atoms with Crippen molar-refractivity contribution in [3.05, 3.63) is 65.1 Å². The van der Waals surface area contributed by atoms with Gasteiger partial charge in [0, 0.05) is 30.2 Å². The molecule has 3 nitrogen and oxygen atoms in total. The van der Waals surface area contributed by atoms with E-state index in [-0.39, 0.29) is 0 Å². The molecule has 0 aliphatic heterocycles. The van der Waals surface area contributed by atoms with Crippen molar-refractivity contribution in [2.24, 2.45) is 0 Å². The molecule has 0 bridgehead atoms. The van der Waals surface area contributed by atoms with Crippen molar-refractivity contribution in [1.82, 2.24) is 10.3 Å². The molecule has 2 heterocycles. The molecule has 1 aromatic carbocycles. The molecule has 0 fully saturated rings. The number of pyridine rings is 1. The summed E-state index contributed by atoms with van der Waals surface area (Å²) in [5.41, 5.74) is 2.82. The van der Waals surface area contributed by atoms with E-state index in [1.165, 1.54) is 0 Å². The lowest BCUT2D eigenvalue weighted by Crippen LogP contribution is -2.13. The molecular formula is C15H13ClN2O. The first-order valence-electron chi connectivity index (χ1n) is 6.11. The van der Waals surface area contributed by atoms with Gasteiger partial charge in [0.1, 0.15) is 5.58 Å². The van der Waals surface area contributed by atoms with Gasteiger partial charge in [-0.1, -0.05) is 24.3 Å². The van der Waals surface area contributed by atoms with Gasteiger partial charge < -0.3 is 9.73 Å². The highest BCUT2D eigenvalue weighted by atomic mass is 35.5. The number of nitrogens with zero attached hydrogens (tertiary/aromatic N) is 1. The predicted octanol–water partition coefficient (Wildman–Crippen LogP) is 3.77. The van der Waals surface area contributed by atoms with Crippen LogP contribution in [0.2, 0.25) is 5.22 Å². The molecule has 4 heteroatoms. The Bertz CT molecular complexity index is 679. The molecule has 1 N–H and O–H groups in total. The Labute approximate surface area is 116 Å². The molecule has 3 rings (SSSR count). The Morgan fingerprint density at radius 1 is 1.05 bits per heavy atom. The number of fused-ring (bicyclic) bond motifs is 1. The summed E-state index contributed by atoms with van der Waals surface area (Å²) < 4.78 is 5.51. The Balaban J connectivity index is 1.73. The summed E-state index contributed by atoms with van der Waals surface area (Å²) in [6.45, 7) is 1.36. The van der Waals surface area contributed by atoms with Crippen molar-refractivity contribution >= 4 is 22.6 Å². The van der Waals surface area contributed by atoms with E-state index in [2.05, 4.69) is 10.3 Å². The van der Waals surface area contributed by atoms with Gasteiger partial charge >= 0.3 is 0 Å². The minimum atomic E-state index is 0.453. The van der Waals surface area contributed by atoms with E-state index in [0.717, 1.165) is 22.2 Å². The number of para-hydroxylation sites is 1. The summed E-state index contributed by atoms with van der Waals surface area (Å²) in [6.07, 6.45) is 1.79. The second-order valence-electron chi connectivity index (χ2n) is 4.28. The first-order chi connectivity index (χ1) is 9.34. The number of furan rings is 1. The second kappa shape index (κ2) is 5.43. The van der Waals surface area contributed by atoms with E-state index in [1.54, 1.807) is 6.20 Å². The maximum atomic E-state index is 6.13. The lowest BCUT2D eigenvalue weighted by Gasteiger charge is -2.03. The molecule has 0 unspecified atom stereocenters. The molecule has 0 radical (unpaired) electrons. The average molecular weight is 273 g/mol. The molecule has 96 valence electrons. The van der Waals surface area contributed by atoms with Crippen LogP contribution in [0, 0.1) is 0 Å². The molecule has 0 aliphatic carbocycles. The van der Waals surface area contributed by atoms with Crippen molar-refractivity contribution < 1.29 is 4.42 Å². The largest absolute Gasteiger partial charge is 0.444 e. The predicted molar refractivity (Wildman–Crippen MR) is 76.0 cm³/mol. The summed E-state index contributed by atoms with van der Waals surface area (Å²) in [6, 6.07) is 13.7. The van der Waals surface area contributed by atoms with Crippen molar-refractivity contribution in [2.75, 3.05) is 0 Å². The van der Waals surface area contributed by atoms with Crippen LogP contribution in [0.1, 0.15) is 11.3 Å². The molecule has 0 saturated heterocycles. The summed E-state index contributed by atoms with van der Waals surface area (Å²) in [7, 11) is 0. The molecular weight excluding hydrogens is 260 g/mol. The van der Waals surface area contributed by atoms with Crippen LogP contribution in [0.15, 0.2) is 53.1 Å². The number of nitrogens with one attached hydrogen (secondary N) is 1. The van der Waals surface area contributed by atoms with Gasteiger partial charge in [-0.05, 0) is 29.8 Å². The lowest BCUT2D eigenvalue weighted by atomic mass is 10.2. The highest BCUT2D eigenvalue weighted by Gasteiger charge is 2.11. The maximum absolute atomic E-state index is 6.13. The monoisotopic (exact) mass is 272 g/mol. The summed E-state index contributed by atoms with van der Waals surface area (Å²) >= 11 is 6.13. The van der Waals surface area contributed by atoms with Crippen molar-refractivity contribution in [1.29, 1.82) is 0 Å². The van der Waals surface area contributed by atoms with E-state index in [1.807, 2.05) is 42.5 Å². The highest BCUT2D eigenvalue weighted by Crippen LogP contribution is 2.29. The van der Waals surface area contributed by atoms with E-state index in [4.69, 9.17) is 16.0 Å². The normalized spacial score (nSPS) is 11.0. The fraction of sp³-hybridized carbons (Fsp3) is 0.133. The van der Waals surface area contributed by atoms with Crippen molar-refractivity contribution in [3.63, 3.8) is 0 Å². The molecule has 3 aromatic rings. The van der Waals surface area contributed by atoms with Crippen LogP contribution in [-0.2, 0) is 13.1 Å². The third-order valence-electron chi connectivity index (χ3n) is 2.98. The maximum Gasteiger partial charge on any atom is 0.199 e. The van der Waals surface area contributed by atoms with Crippen LogP contribution in [-0.4, -0.2) is 4.98 Å². The minimum Gasteiger partial charge on any atom is -0.444 e. The number of halogens is 1. The summed E-state index contributed by atoms with van der Waals surface area (Å²) in [4.78, 5) is 4.26. The first kappa shape index (κ1) is 12.2. The minimum absolute atomic E-state index is 0.453. The Morgan fingerprint density at radius 3 is 2.74 bits per heavy atom. The van der Waals surface area contributed by atoms with E-state index >= 15 is 0 Å². The Hall–Kier alpha value is -1.84. The van der Waals surface area contributed by atoms with Gasteiger partial charge in [-0.2, -0.15) is 0 Å². The molecule has 0 aliphatic rings. The van der Waals surface area contributed by atoms with E-state index < -0.39 is 0 Å². The molecule has 19 heavy (non-hydrogen) atoms. The zero-order chi connectivity index (χ0) is 13.1. The van der Waals surface area contributed by atoms with Gasteiger partial charge in [-0.3, -0.25) is 4.98 Å². The van der Waals surface area contributed by atoms with E-state index in [0.29, 0.717) is 18.3 Å². The van der Waals surface area contributed by atoms with Crippen LogP contribution in [0.25, 0.3) is 11.0 Å². The Kier molecular flexibility index (Phi) is 3.49. The zero-order valence-electron chi connectivity index (χ0n) is 10.3. The fourth-order valence-corrected chi connectivity index (χ4v) is 2.30. The molecule has 0 atom stereocenters. The standard InChI is InChI=1S/C15H13ClN2O/c16-15-13(12-6-1-2-7-14(12)19-15)10-17-9-11-5-3-4-8-18-11/h1-8,17H,9-10H2. The lowest BCUT2D eigenvalue weighted by molar-refractivity contribution is 0.603. The van der Waals surface area contributed by atoms with Gasteiger partial charge in [-0.25, -0.2) is 0 Å². The van der Waals surface area contributed by atoms with Gasteiger partial charge in [0.05, 0.1) is 5.69 Å². The van der Waals surface area contributed by atoms with Gasteiger partial charge in [-0.15, -0.1) is 0 Å². The van der Waals surface area contributed by atoms with Crippen LogP contribution in [0.5, 0.6) is 0 Å². The van der Waals surface area contributed by atoms with Crippen LogP contribution in [0.3, 0.4) is 0 Å². The van der Waals surface area contributed by atoms with E-state index in [9.17, 15) is 0 Å². The number of benzene rings is 1. The summed E-state index contributed by atoms with van der Waals surface area (Å²) in [5.74, 6) is 0. The third-order valence-corrected chi connectivity index (χ3v) is 3.29. The first-order valence-corrected chi connectivity index (χ1v) is 6.49. The van der Waals surface area contributed by atoms with Crippen LogP contribution >= 0.6 is 11.6 Å². The summed E-state index contributed by atoms with van der Waals surface area (Å²) in [5, 5.41) is 4.84. The van der Waals surface area contributed by atoms with Crippen molar-refractivity contribution in [2.45, 2.75) is 13.1 Å². The molecule has 0 spiro atoms. The fourth-order valence-electron chi connectivity index (χ4n) is 2.05. The highest BCUT2D eigenvalue weighted by molar-refractivity contribution is 6.30. The molecule has 0 amide bonds. The van der Waals surface area contributed by atoms with Gasteiger partial charge in [0.2, 0.25) is 0 Å². The van der Waals surface area contributed by atoms with Gasteiger partial charge in [0.15, 0.2) is 5.22 Å². The topological polar surface area (TPSA) is 38.1 Å². The van der Waals surface area contributed by atoms with Crippen LogP contribution in [0.4, 0.5) is 0 Å². The molecule has 2 aromatic heterocycles. The molecule has 0 saturated carbocycles. The van der Waals surface area contributed by atoms with Crippen molar-refractivity contribution in [3.8, 4) is 0 Å². The number of rotatable bonds is 4. The second-order valence-corrected chi connectivity index (χ2v) is 4.62. The third kappa shape index (κ3) is 2.62. The zero-order valence-corrected chi connectivity index (χ0v) is 11.0.